The minimum absolute atomic E-state index is 0.114. The Labute approximate surface area is 145 Å². The van der Waals surface area contributed by atoms with E-state index in [9.17, 15) is 14.0 Å². The molecule has 6 heteroatoms. The average molecular weight is 348 g/mol. The number of nitrogens with zero attached hydrogens (tertiary/aromatic N) is 1. The molecule has 2 heterocycles. The van der Waals surface area contributed by atoms with Crippen molar-refractivity contribution in [2.24, 2.45) is 0 Å². The first-order chi connectivity index (χ1) is 12.5. The third-order valence-corrected chi connectivity index (χ3v) is 4.08. The minimum atomic E-state index is -0.534. The monoisotopic (exact) mass is 348 g/mol. The van der Waals surface area contributed by atoms with Crippen molar-refractivity contribution in [1.82, 2.24) is 9.78 Å². The van der Waals surface area contributed by atoms with E-state index in [1.54, 1.807) is 24.3 Å². The van der Waals surface area contributed by atoms with Gasteiger partial charge in [0.05, 0.1) is 27.2 Å². The summed E-state index contributed by atoms with van der Waals surface area (Å²) in [5, 5.41) is 3.59. The van der Waals surface area contributed by atoms with Gasteiger partial charge < -0.3 is 4.42 Å². The second kappa shape index (κ2) is 6.00. The van der Waals surface area contributed by atoms with Gasteiger partial charge in [-0.25, -0.2) is 9.07 Å². The first-order valence-corrected chi connectivity index (χ1v) is 7.83. The van der Waals surface area contributed by atoms with Crippen molar-refractivity contribution in [1.29, 1.82) is 0 Å². The van der Waals surface area contributed by atoms with E-state index >= 15 is 0 Å². The highest BCUT2D eigenvalue weighted by Gasteiger charge is 2.09. The van der Waals surface area contributed by atoms with Gasteiger partial charge in [-0.2, -0.15) is 0 Å². The van der Waals surface area contributed by atoms with E-state index in [-0.39, 0.29) is 27.3 Å². The summed E-state index contributed by atoms with van der Waals surface area (Å²) in [6.45, 7) is 3.83. The Hall–Kier alpha value is -3.67. The summed E-state index contributed by atoms with van der Waals surface area (Å²) < 4.78 is 20.2. The van der Waals surface area contributed by atoms with Crippen molar-refractivity contribution >= 4 is 23.6 Å². The first kappa shape index (κ1) is 15.8. The maximum atomic E-state index is 13.4. The van der Waals surface area contributed by atoms with Gasteiger partial charge in [0, 0.05) is 0 Å². The highest BCUT2D eigenvalue weighted by atomic mass is 19.1. The fourth-order valence-corrected chi connectivity index (χ4v) is 2.78. The second-order valence-corrected chi connectivity index (χ2v) is 5.79. The molecule has 0 saturated carbocycles. The van der Waals surface area contributed by atoms with Gasteiger partial charge in [-0.3, -0.25) is 14.7 Å². The van der Waals surface area contributed by atoms with Gasteiger partial charge in [-0.15, -0.1) is 0 Å². The maximum absolute atomic E-state index is 13.4. The number of fused-ring (bicyclic) bond motifs is 1. The van der Waals surface area contributed by atoms with E-state index in [4.69, 9.17) is 4.42 Å². The van der Waals surface area contributed by atoms with Crippen molar-refractivity contribution < 1.29 is 8.81 Å². The van der Waals surface area contributed by atoms with E-state index in [0.717, 1.165) is 6.07 Å². The van der Waals surface area contributed by atoms with Crippen molar-refractivity contribution in [3.63, 3.8) is 0 Å². The molecule has 0 radical (unpaired) electrons. The lowest BCUT2D eigenvalue weighted by Crippen LogP contribution is -2.34. The molecule has 26 heavy (non-hydrogen) atoms. The van der Waals surface area contributed by atoms with Crippen LogP contribution >= 0.6 is 0 Å². The maximum Gasteiger partial charge on any atom is 0.279 e. The summed E-state index contributed by atoms with van der Waals surface area (Å²) in [6.07, 6.45) is 2.65. The smallest absolute Gasteiger partial charge is 0.279 e. The molecular formula is C20H13FN2O3. The van der Waals surface area contributed by atoms with Crippen LogP contribution in [0.1, 0.15) is 5.56 Å². The van der Waals surface area contributed by atoms with Crippen LogP contribution in [0.3, 0.4) is 0 Å². The lowest BCUT2D eigenvalue weighted by atomic mass is 10.1. The molecule has 5 nitrogen and oxygen atoms in total. The molecule has 0 amide bonds. The van der Waals surface area contributed by atoms with Crippen molar-refractivity contribution in [2.75, 3.05) is 0 Å². The quantitative estimate of drug-likeness (QED) is 0.599. The number of aromatic nitrogens is 2. The van der Waals surface area contributed by atoms with Gasteiger partial charge in [-0.05, 0) is 36.4 Å². The second-order valence-electron chi connectivity index (χ2n) is 5.79. The number of benzene rings is 2. The van der Waals surface area contributed by atoms with Crippen LogP contribution in [-0.2, 0) is 0 Å². The van der Waals surface area contributed by atoms with Gasteiger partial charge in [0.2, 0.25) is 0 Å². The molecule has 0 aliphatic rings. The fourth-order valence-electron chi connectivity index (χ4n) is 2.78. The Morgan fingerprint density at radius 1 is 1.12 bits per heavy atom. The number of nitrogens with one attached hydrogen (secondary N) is 1. The number of hydrogen-bond donors (Lipinski definition) is 1. The lowest BCUT2D eigenvalue weighted by molar-refractivity contribution is 0.595. The lowest BCUT2D eigenvalue weighted by Gasteiger charge is -1.99. The molecule has 2 aromatic heterocycles. The van der Waals surface area contributed by atoms with Crippen LogP contribution in [0.15, 0.2) is 68.8 Å². The normalized spacial score (nSPS) is 12.0. The summed E-state index contributed by atoms with van der Waals surface area (Å²) in [4.78, 5) is 25.3. The molecule has 0 saturated heterocycles. The Morgan fingerprint density at radius 3 is 2.65 bits per heavy atom. The molecule has 0 unspecified atom stereocenters. The molecule has 4 aromatic rings. The predicted octanol–water partition coefficient (Wildman–Crippen LogP) is 1.65. The number of hydrogen-bond acceptors (Lipinski definition) is 3. The molecule has 0 aliphatic heterocycles. The summed E-state index contributed by atoms with van der Waals surface area (Å²) in [5.74, 6) is -0.534. The SMILES string of the molecule is C=c1[nH]n(-c2ccccc2)c(=O)/c1=C\c1coc2ccc(F)cc2c1=O. The van der Waals surface area contributed by atoms with Crippen molar-refractivity contribution in [2.45, 2.75) is 0 Å². The molecule has 0 aliphatic carbocycles. The average Bonchev–Trinajstić information content (AvgIpc) is 2.93. The van der Waals surface area contributed by atoms with Crippen LogP contribution in [0.2, 0.25) is 0 Å². The number of rotatable bonds is 2. The molecule has 0 bridgehead atoms. The zero-order chi connectivity index (χ0) is 18.3. The molecule has 0 spiro atoms. The van der Waals surface area contributed by atoms with E-state index in [2.05, 4.69) is 11.7 Å². The van der Waals surface area contributed by atoms with E-state index < -0.39 is 11.2 Å². The summed E-state index contributed by atoms with van der Waals surface area (Å²) in [6, 6.07) is 12.7. The van der Waals surface area contributed by atoms with Crippen LogP contribution in [0.25, 0.3) is 29.3 Å². The van der Waals surface area contributed by atoms with E-state index in [0.29, 0.717) is 11.0 Å². The Bertz CT molecular complexity index is 1350. The number of para-hydroxylation sites is 1. The molecular weight excluding hydrogens is 335 g/mol. The number of halogens is 1. The highest BCUT2D eigenvalue weighted by Crippen LogP contribution is 2.13. The van der Waals surface area contributed by atoms with Crippen LogP contribution in [0, 0.1) is 5.82 Å². The summed E-state index contributed by atoms with van der Waals surface area (Å²) >= 11 is 0. The predicted molar refractivity (Wildman–Crippen MR) is 97.2 cm³/mol. The number of aromatic amines is 1. The zero-order valence-electron chi connectivity index (χ0n) is 13.5. The minimum Gasteiger partial charge on any atom is -0.463 e. The van der Waals surface area contributed by atoms with E-state index in [1.165, 1.54) is 29.2 Å². The molecule has 0 fully saturated rings. The van der Waals surface area contributed by atoms with Crippen LogP contribution in [-0.4, -0.2) is 9.78 Å². The Balaban J connectivity index is 1.96. The van der Waals surface area contributed by atoms with Crippen molar-refractivity contribution in [3.8, 4) is 5.69 Å². The Kier molecular flexibility index (Phi) is 3.65. The van der Waals surface area contributed by atoms with Crippen LogP contribution < -0.4 is 21.6 Å². The molecule has 128 valence electrons. The van der Waals surface area contributed by atoms with Gasteiger partial charge in [0.15, 0.2) is 5.43 Å². The van der Waals surface area contributed by atoms with Gasteiger partial charge in [0.25, 0.3) is 5.56 Å². The fraction of sp³-hybridized carbons (Fsp3) is 0. The zero-order valence-corrected chi connectivity index (χ0v) is 13.5. The first-order valence-electron chi connectivity index (χ1n) is 7.83. The van der Waals surface area contributed by atoms with Gasteiger partial charge in [0.1, 0.15) is 17.7 Å². The third kappa shape index (κ3) is 2.57. The standard InChI is InChI=1S/C20H13FN2O3/c1-12-16(20(25)23(22-12)15-5-3-2-4-6-15)9-13-11-26-18-8-7-14(21)10-17(18)19(13)24/h2-11,22H,1H2/b16-9-. The molecule has 0 atom stereocenters. The molecule has 4 rings (SSSR count). The van der Waals surface area contributed by atoms with Crippen LogP contribution in [0.5, 0.6) is 0 Å². The van der Waals surface area contributed by atoms with Crippen molar-refractivity contribution in [3.05, 3.63) is 97.3 Å². The summed E-state index contributed by atoms with van der Waals surface area (Å²) in [7, 11) is 0. The van der Waals surface area contributed by atoms with Gasteiger partial charge >= 0.3 is 0 Å². The summed E-state index contributed by atoms with van der Waals surface area (Å²) in [5.41, 5.74) is 0.301. The Morgan fingerprint density at radius 2 is 1.88 bits per heavy atom. The molecule has 2 aromatic carbocycles. The topological polar surface area (TPSA) is 68.0 Å². The van der Waals surface area contributed by atoms with Gasteiger partial charge in [-0.1, -0.05) is 24.8 Å². The largest absolute Gasteiger partial charge is 0.463 e. The van der Waals surface area contributed by atoms with E-state index in [1.807, 2.05) is 6.07 Å². The third-order valence-electron chi connectivity index (χ3n) is 4.08. The highest BCUT2D eigenvalue weighted by molar-refractivity contribution is 5.78. The number of H-pyrrole nitrogens is 1. The van der Waals surface area contributed by atoms with Crippen LogP contribution in [0.4, 0.5) is 4.39 Å². The molecule has 1 N–H and O–H groups in total.